The van der Waals surface area contributed by atoms with Crippen molar-refractivity contribution in [3.05, 3.63) is 23.3 Å². The standard InChI is InChI=1S/C44H73NO12Si/c1-13-32-22-27(5)21-28(6)23-36(52-10)40-37(53-11)25-30(8)44(51,56-40)41(48)42(49)45-20-18-17-19-33(45)43(50)55-39(29(7)24-38(47)54-12)31(9)35(26-34(32)46)57-58(14-2,15-3)16-4/h22,24,28,30-33,35-37,39-40,51H,13-21,23,25-26H2,1-12H3. The lowest BCUT2D eigenvalue weighted by molar-refractivity contribution is -0.302. The van der Waals surface area contributed by atoms with E-state index in [1.165, 1.54) is 25.2 Å². The summed E-state index contributed by atoms with van der Waals surface area (Å²) >= 11 is 0. The SMILES string of the molecule is CCC1C=C(C)CC(C)CC(OC)C2OC(O)(C(=O)C(=O)N3CCCCC3C(=O)OC(C(C)=CC(=O)OC)C(C)C(O[Si](CC)(CC)CC)CC1=O)C(C)CC2OC. The predicted octanol–water partition coefficient (Wildman–Crippen LogP) is 6.50. The van der Waals surface area contributed by atoms with Crippen molar-refractivity contribution in [2.75, 3.05) is 27.9 Å². The number of allylic oxidation sites excluding steroid dienone is 2. The highest BCUT2D eigenvalue weighted by molar-refractivity contribution is 6.73. The molecule has 0 aromatic rings. The molecule has 3 rings (SSSR count). The van der Waals surface area contributed by atoms with Crippen LogP contribution >= 0.6 is 0 Å². The van der Waals surface area contributed by atoms with Crippen LogP contribution in [-0.4, -0.2) is 118 Å². The van der Waals surface area contributed by atoms with Crippen molar-refractivity contribution < 1.29 is 57.2 Å². The smallest absolute Gasteiger partial charge is 0.330 e. The Bertz CT molecular complexity index is 1490. The van der Waals surface area contributed by atoms with E-state index in [1.807, 2.05) is 26.8 Å². The summed E-state index contributed by atoms with van der Waals surface area (Å²) in [6.45, 7) is 17.6. The second kappa shape index (κ2) is 22.2. The molecule has 1 N–H and O–H groups in total. The number of Topliss-reactive ketones (excluding diaryl/α,β-unsaturated/α-hetero) is 2. The van der Waals surface area contributed by atoms with Crippen LogP contribution in [0.4, 0.5) is 0 Å². The maximum atomic E-state index is 14.4. The summed E-state index contributed by atoms with van der Waals surface area (Å²) in [5.41, 5.74) is 1.41. The summed E-state index contributed by atoms with van der Waals surface area (Å²) in [4.78, 5) is 71.2. The first-order valence-corrected chi connectivity index (χ1v) is 24.1. The van der Waals surface area contributed by atoms with Crippen LogP contribution < -0.4 is 0 Å². The van der Waals surface area contributed by atoms with Gasteiger partial charge in [0.2, 0.25) is 5.79 Å². The quantitative estimate of drug-likeness (QED) is 0.0837. The van der Waals surface area contributed by atoms with Crippen LogP contribution in [0.15, 0.2) is 23.3 Å². The number of hydrogen-bond donors (Lipinski definition) is 1. The highest BCUT2D eigenvalue weighted by Gasteiger charge is 2.56. The minimum absolute atomic E-state index is 0.00686. The molecule has 2 saturated heterocycles. The van der Waals surface area contributed by atoms with Gasteiger partial charge in [0.1, 0.15) is 24.0 Å². The lowest BCUT2D eigenvalue weighted by Crippen LogP contribution is -2.64. The number of ketones is 2. The van der Waals surface area contributed by atoms with E-state index in [-0.39, 0.29) is 37.5 Å². The van der Waals surface area contributed by atoms with Crippen LogP contribution in [0.5, 0.6) is 0 Å². The fourth-order valence-electron chi connectivity index (χ4n) is 9.16. The molecular formula is C44H73NO12Si. The van der Waals surface area contributed by atoms with Crippen molar-refractivity contribution in [1.82, 2.24) is 4.90 Å². The molecule has 3 aliphatic rings. The molecule has 58 heavy (non-hydrogen) atoms. The van der Waals surface area contributed by atoms with E-state index in [1.54, 1.807) is 21.0 Å². The number of nitrogens with zero attached hydrogens (tertiary/aromatic N) is 1. The third kappa shape index (κ3) is 11.7. The Labute approximate surface area is 348 Å². The Morgan fingerprint density at radius 1 is 0.948 bits per heavy atom. The van der Waals surface area contributed by atoms with Gasteiger partial charge in [0, 0.05) is 51.0 Å². The lowest BCUT2D eigenvalue weighted by atomic mass is 9.82. The van der Waals surface area contributed by atoms with Crippen molar-refractivity contribution in [1.29, 1.82) is 0 Å². The summed E-state index contributed by atoms with van der Waals surface area (Å²) in [5.74, 6) is -7.92. The van der Waals surface area contributed by atoms with Crippen LogP contribution in [0.3, 0.4) is 0 Å². The summed E-state index contributed by atoms with van der Waals surface area (Å²) < 4.78 is 36.4. The molecule has 11 atom stereocenters. The van der Waals surface area contributed by atoms with Gasteiger partial charge in [0.05, 0.1) is 25.4 Å². The van der Waals surface area contributed by atoms with E-state index in [0.29, 0.717) is 37.7 Å². The van der Waals surface area contributed by atoms with Gasteiger partial charge in [-0.1, -0.05) is 60.1 Å². The second-order valence-electron chi connectivity index (χ2n) is 17.1. The Balaban J connectivity index is 2.25. The minimum atomic E-state index is -2.51. The van der Waals surface area contributed by atoms with E-state index in [9.17, 15) is 29.1 Å². The van der Waals surface area contributed by atoms with Gasteiger partial charge in [0.15, 0.2) is 8.32 Å². The normalized spacial score (nSPS) is 34.4. The van der Waals surface area contributed by atoms with Gasteiger partial charge in [-0.3, -0.25) is 14.4 Å². The zero-order valence-corrected chi connectivity index (χ0v) is 38.3. The van der Waals surface area contributed by atoms with E-state index in [4.69, 9.17) is 28.1 Å². The van der Waals surface area contributed by atoms with Gasteiger partial charge in [-0.15, -0.1) is 0 Å². The number of piperidine rings is 1. The highest BCUT2D eigenvalue weighted by Crippen LogP contribution is 2.39. The zero-order valence-electron chi connectivity index (χ0n) is 37.3. The molecule has 0 aliphatic carbocycles. The van der Waals surface area contributed by atoms with Gasteiger partial charge in [-0.25, -0.2) is 9.59 Å². The average molecular weight is 836 g/mol. The molecule has 0 saturated carbocycles. The Kier molecular flexibility index (Phi) is 19.0. The molecule has 11 unspecified atom stereocenters. The lowest BCUT2D eigenvalue weighted by Gasteiger charge is -2.47. The van der Waals surface area contributed by atoms with E-state index >= 15 is 0 Å². The molecule has 2 bridgehead atoms. The molecule has 3 heterocycles. The monoisotopic (exact) mass is 835 g/mol. The van der Waals surface area contributed by atoms with E-state index in [0.717, 1.165) is 23.7 Å². The summed E-state index contributed by atoms with van der Waals surface area (Å²) in [5, 5.41) is 12.1. The zero-order chi connectivity index (χ0) is 43.5. The number of rotatable bonds is 10. The molecule has 330 valence electrons. The van der Waals surface area contributed by atoms with Crippen molar-refractivity contribution >= 4 is 37.7 Å². The van der Waals surface area contributed by atoms with Crippen LogP contribution in [-0.2, 0) is 52.1 Å². The number of amides is 1. The number of ether oxygens (including phenoxy) is 5. The number of fused-ring (bicyclic) bond motifs is 3. The summed E-state index contributed by atoms with van der Waals surface area (Å²) in [6, 6.07) is 1.31. The first kappa shape index (κ1) is 49.6. The average Bonchev–Trinajstić information content (AvgIpc) is 3.21. The summed E-state index contributed by atoms with van der Waals surface area (Å²) in [6.07, 6.45) is 2.84. The van der Waals surface area contributed by atoms with Crippen LogP contribution in [0.2, 0.25) is 18.1 Å². The van der Waals surface area contributed by atoms with Gasteiger partial charge < -0.3 is 38.1 Å². The minimum Gasteiger partial charge on any atom is -0.466 e. The summed E-state index contributed by atoms with van der Waals surface area (Å²) in [7, 11) is 1.98. The Morgan fingerprint density at radius 3 is 2.14 bits per heavy atom. The topological polar surface area (TPSA) is 164 Å². The molecule has 0 aromatic heterocycles. The van der Waals surface area contributed by atoms with Crippen molar-refractivity contribution in [2.45, 2.75) is 174 Å². The number of hydrogen-bond acceptors (Lipinski definition) is 12. The van der Waals surface area contributed by atoms with Crippen LogP contribution in [0.25, 0.3) is 0 Å². The molecule has 14 heteroatoms. The number of aliphatic hydroxyl groups is 1. The fraction of sp³-hybridized carbons (Fsp3) is 0.795. The van der Waals surface area contributed by atoms with E-state index < -0.39 is 92.0 Å². The van der Waals surface area contributed by atoms with Gasteiger partial charge in [-0.05, 0) is 88.4 Å². The fourth-order valence-corrected chi connectivity index (χ4v) is 12.1. The number of methoxy groups -OCH3 is 3. The first-order chi connectivity index (χ1) is 27.4. The first-order valence-electron chi connectivity index (χ1n) is 21.5. The number of esters is 2. The molecule has 3 aliphatic heterocycles. The van der Waals surface area contributed by atoms with Crippen molar-refractivity contribution in [3.8, 4) is 0 Å². The van der Waals surface area contributed by atoms with Gasteiger partial charge in [-0.2, -0.15) is 0 Å². The molecular weight excluding hydrogens is 763 g/mol. The van der Waals surface area contributed by atoms with Gasteiger partial charge in [0.25, 0.3) is 11.7 Å². The van der Waals surface area contributed by atoms with Crippen LogP contribution in [0.1, 0.15) is 114 Å². The molecule has 1 amide bonds. The maximum Gasteiger partial charge on any atom is 0.330 e. The van der Waals surface area contributed by atoms with Crippen molar-refractivity contribution in [3.63, 3.8) is 0 Å². The molecule has 0 spiro atoms. The number of carbonyl (C=O) groups excluding carboxylic acids is 5. The molecule has 2 fully saturated rings. The molecule has 0 aromatic carbocycles. The predicted molar refractivity (Wildman–Crippen MR) is 222 cm³/mol. The second-order valence-corrected chi connectivity index (χ2v) is 21.8. The van der Waals surface area contributed by atoms with Crippen molar-refractivity contribution in [2.24, 2.45) is 23.7 Å². The highest BCUT2D eigenvalue weighted by atomic mass is 28.4. The van der Waals surface area contributed by atoms with E-state index in [2.05, 4.69) is 27.7 Å². The third-order valence-electron chi connectivity index (χ3n) is 13.1. The molecule has 0 radical (unpaired) electrons. The Morgan fingerprint density at radius 2 is 1.57 bits per heavy atom. The maximum absolute atomic E-state index is 14.4. The third-order valence-corrected chi connectivity index (χ3v) is 17.8. The van der Waals surface area contributed by atoms with Gasteiger partial charge >= 0.3 is 11.9 Å². The largest absolute Gasteiger partial charge is 0.466 e. The van der Waals surface area contributed by atoms with Crippen LogP contribution in [0, 0.1) is 23.7 Å². The number of carbonyl (C=O) groups is 5. The Hall–Kier alpha value is -2.75. The molecule has 13 nitrogen and oxygen atoms in total. The number of cyclic esters (lactones) is 1.